The molecule has 0 saturated heterocycles. The molecule has 1 N–H and O–H groups in total. The fourth-order valence-corrected chi connectivity index (χ4v) is 4.07. The summed E-state index contributed by atoms with van der Waals surface area (Å²) in [6, 6.07) is 9.30. The number of rotatable bonds is 7. The largest absolute Gasteiger partial charge is 0.497 e. The molecule has 0 aliphatic carbocycles. The lowest BCUT2D eigenvalue weighted by atomic mass is 10.1. The Bertz CT molecular complexity index is 977. The van der Waals surface area contributed by atoms with Gasteiger partial charge in [-0.25, -0.2) is 8.42 Å². The molecule has 2 aromatic rings. The first-order valence-electron chi connectivity index (χ1n) is 8.59. The SMILES string of the molecule is CC[C@@H](C(=O)Nc1ccccc1C(F)(F)F)N(c1cccc(OC)c1)S(C)(=O)=O. The fourth-order valence-electron chi connectivity index (χ4n) is 2.86. The van der Waals surface area contributed by atoms with Gasteiger partial charge in [0.2, 0.25) is 15.9 Å². The van der Waals surface area contributed by atoms with Crippen molar-refractivity contribution >= 4 is 27.3 Å². The number of amides is 1. The molecule has 0 saturated carbocycles. The quantitative estimate of drug-likeness (QED) is 0.723. The van der Waals surface area contributed by atoms with E-state index in [0.29, 0.717) is 5.75 Å². The van der Waals surface area contributed by atoms with Crippen LogP contribution in [0.5, 0.6) is 5.75 Å². The van der Waals surface area contributed by atoms with Crippen LogP contribution in [0.1, 0.15) is 18.9 Å². The van der Waals surface area contributed by atoms with E-state index in [4.69, 9.17) is 4.74 Å². The lowest BCUT2D eigenvalue weighted by Crippen LogP contribution is -2.47. The van der Waals surface area contributed by atoms with Gasteiger partial charge < -0.3 is 10.1 Å². The zero-order valence-electron chi connectivity index (χ0n) is 16.0. The van der Waals surface area contributed by atoms with Gasteiger partial charge in [0, 0.05) is 6.07 Å². The van der Waals surface area contributed by atoms with Crippen molar-refractivity contribution in [3.63, 3.8) is 0 Å². The molecule has 0 aromatic heterocycles. The molecular weight excluding hydrogens is 409 g/mol. The maximum absolute atomic E-state index is 13.2. The number of halogens is 3. The normalized spacial score (nSPS) is 12.9. The van der Waals surface area contributed by atoms with Crippen LogP contribution >= 0.6 is 0 Å². The number of anilines is 2. The van der Waals surface area contributed by atoms with Crippen LogP contribution in [0.4, 0.5) is 24.5 Å². The highest BCUT2D eigenvalue weighted by Crippen LogP contribution is 2.35. The fraction of sp³-hybridized carbons (Fsp3) is 0.316. The van der Waals surface area contributed by atoms with E-state index < -0.39 is 39.4 Å². The number of methoxy groups -OCH3 is 1. The number of benzene rings is 2. The Labute approximate surface area is 167 Å². The standard InChI is InChI=1S/C19H21F3N2O4S/c1-4-17(18(25)23-16-11-6-5-10-15(16)19(20,21)22)24(29(3,26)27)13-8-7-9-14(12-13)28-2/h5-12,17H,4H2,1-3H3,(H,23,25)/t17-/m0/s1. The average molecular weight is 430 g/mol. The smallest absolute Gasteiger partial charge is 0.418 e. The van der Waals surface area contributed by atoms with Crippen molar-refractivity contribution in [3.8, 4) is 5.75 Å². The third-order valence-electron chi connectivity index (χ3n) is 4.13. The molecule has 2 rings (SSSR count). The highest BCUT2D eigenvalue weighted by molar-refractivity contribution is 7.92. The Hall–Kier alpha value is -2.75. The lowest BCUT2D eigenvalue weighted by Gasteiger charge is -2.30. The van der Waals surface area contributed by atoms with E-state index in [9.17, 15) is 26.4 Å². The monoisotopic (exact) mass is 430 g/mol. The van der Waals surface area contributed by atoms with Crippen molar-refractivity contribution in [2.24, 2.45) is 0 Å². The molecule has 0 spiro atoms. The summed E-state index contributed by atoms with van der Waals surface area (Å²) in [5, 5.41) is 2.22. The number of hydrogen-bond donors (Lipinski definition) is 1. The van der Waals surface area contributed by atoms with Crippen molar-refractivity contribution < 1.29 is 31.1 Å². The molecule has 29 heavy (non-hydrogen) atoms. The van der Waals surface area contributed by atoms with Gasteiger partial charge >= 0.3 is 6.18 Å². The first-order chi connectivity index (χ1) is 13.5. The Morgan fingerprint density at radius 1 is 1.17 bits per heavy atom. The maximum Gasteiger partial charge on any atom is 0.418 e. The van der Waals surface area contributed by atoms with Crippen LogP contribution in [0.25, 0.3) is 0 Å². The Balaban J connectivity index is 2.45. The molecule has 2 aromatic carbocycles. The summed E-state index contributed by atoms with van der Waals surface area (Å²) in [4.78, 5) is 12.8. The second-order valence-electron chi connectivity index (χ2n) is 6.22. The van der Waals surface area contributed by atoms with E-state index >= 15 is 0 Å². The summed E-state index contributed by atoms with van der Waals surface area (Å²) in [5.74, 6) is -0.508. The number of hydrogen-bond acceptors (Lipinski definition) is 4. The van der Waals surface area contributed by atoms with E-state index in [1.807, 2.05) is 0 Å². The van der Waals surface area contributed by atoms with Gasteiger partial charge in [-0.3, -0.25) is 9.10 Å². The predicted molar refractivity (Wildman–Crippen MR) is 104 cm³/mol. The number of sulfonamides is 1. The van der Waals surface area contributed by atoms with Crippen molar-refractivity contribution in [3.05, 3.63) is 54.1 Å². The number of carbonyl (C=O) groups excluding carboxylic acids is 1. The van der Waals surface area contributed by atoms with E-state index in [1.165, 1.54) is 31.4 Å². The third kappa shape index (κ3) is 5.41. The van der Waals surface area contributed by atoms with Crippen LogP contribution in [0.2, 0.25) is 0 Å². The second-order valence-corrected chi connectivity index (χ2v) is 8.08. The first-order valence-corrected chi connectivity index (χ1v) is 10.4. The molecule has 1 atom stereocenters. The number of carbonyl (C=O) groups is 1. The minimum Gasteiger partial charge on any atom is -0.497 e. The first kappa shape index (κ1) is 22.5. The second kappa shape index (κ2) is 8.73. The van der Waals surface area contributed by atoms with E-state index in [0.717, 1.165) is 22.7 Å². The third-order valence-corrected chi connectivity index (χ3v) is 5.31. The topological polar surface area (TPSA) is 75.7 Å². The molecule has 10 heteroatoms. The lowest BCUT2D eigenvalue weighted by molar-refractivity contribution is -0.137. The number of para-hydroxylation sites is 1. The van der Waals surface area contributed by atoms with Gasteiger partial charge in [0.15, 0.2) is 0 Å². The summed E-state index contributed by atoms with van der Waals surface area (Å²) in [6.45, 7) is 1.57. The number of nitrogens with zero attached hydrogens (tertiary/aromatic N) is 1. The highest BCUT2D eigenvalue weighted by atomic mass is 32.2. The zero-order valence-corrected chi connectivity index (χ0v) is 16.8. The van der Waals surface area contributed by atoms with Crippen LogP contribution in [0.3, 0.4) is 0 Å². The summed E-state index contributed by atoms with van der Waals surface area (Å²) < 4.78 is 70.5. The molecular formula is C19H21F3N2O4S. The molecule has 0 bridgehead atoms. The van der Waals surface area contributed by atoms with Gasteiger partial charge in [-0.05, 0) is 30.7 Å². The molecule has 158 valence electrons. The number of alkyl halides is 3. The highest BCUT2D eigenvalue weighted by Gasteiger charge is 2.36. The molecule has 0 radical (unpaired) electrons. The predicted octanol–water partition coefficient (Wildman–Crippen LogP) is 3.90. The van der Waals surface area contributed by atoms with Crippen molar-refractivity contribution in [1.29, 1.82) is 0 Å². The minimum absolute atomic E-state index is 0.0320. The Morgan fingerprint density at radius 3 is 2.38 bits per heavy atom. The molecule has 0 aliphatic rings. The van der Waals surface area contributed by atoms with E-state index in [2.05, 4.69) is 5.32 Å². The van der Waals surface area contributed by atoms with Gasteiger partial charge in [0.1, 0.15) is 11.8 Å². The van der Waals surface area contributed by atoms with Crippen molar-refractivity contribution in [1.82, 2.24) is 0 Å². The molecule has 0 aliphatic heterocycles. The molecule has 1 amide bonds. The van der Waals surface area contributed by atoms with Crippen molar-refractivity contribution in [2.75, 3.05) is 23.0 Å². The van der Waals surface area contributed by atoms with Gasteiger partial charge in [-0.1, -0.05) is 25.1 Å². The van der Waals surface area contributed by atoms with Crippen LogP contribution in [0.15, 0.2) is 48.5 Å². The van der Waals surface area contributed by atoms with Gasteiger partial charge in [-0.2, -0.15) is 13.2 Å². The molecule has 0 unspecified atom stereocenters. The summed E-state index contributed by atoms with van der Waals surface area (Å²) in [7, 11) is -2.53. The maximum atomic E-state index is 13.2. The summed E-state index contributed by atoms with van der Waals surface area (Å²) in [6.07, 6.45) is -3.72. The molecule has 0 heterocycles. The summed E-state index contributed by atoms with van der Waals surface area (Å²) in [5.41, 5.74) is -1.30. The van der Waals surface area contributed by atoms with Crippen LogP contribution in [-0.2, 0) is 21.0 Å². The van der Waals surface area contributed by atoms with Crippen LogP contribution in [-0.4, -0.2) is 33.7 Å². The van der Waals surface area contributed by atoms with Gasteiger partial charge in [0.25, 0.3) is 0 Å². The number of nitrogens with one attached hydrogen (secondary N) is 1. The van der Waals surface area contributed by atoms with E-state index in [1.54, 1.807) is 19.1 Å². The van der Waals surface area contributed by atoms with Gasteiger partial charge in [-0.15, -0.1) is 0 Å². The minimum atomic E-state index is -4.67. The van der Waals surface area contributed by atoms with Crippen molar-refractivity contribution in [2.45, 2.75) is 25.6 Å². The number of ether oxygens (including phenoxy) is 1. The average Bonchev–Trinajstić information content (AvgIpc) is 2.64. The zero-order chi connectivity index (χ0) is 21.8. The Kier molecular flexibility index (Phi) is 6.78. The van der Waals surface area contributed by atoms with Crippen LogP contribution in [0, 0.1) is 0 Å². The summed E-state index contributed by atoms with van der Waals surface area (Å²) >= 11 is 0. The van der Waals surface area contributed by atoms with Gasteiger partial charge in [0.05, 0.1) is 30.3 Å². The van der Waals surface area contributed by atoms with Crippen LogP contribution < -0.4 is 14.4 Å². The Morgan fingerprint density at radius 2 is 1.83 bits per heavy atom. The molecule has 0 fully saturated rings. The molecule has 6 nitrogen and oxygen atoms in total. The van der Waals surface area contributed by atoms with E-state index in [-0.39, 0.29) is 12.1 Å².